The van der Waals surface area contributed by atoms with Crippen molar-refractivity contribution in [3.63, 3.8) is 0 Å². The lowest BCUT2D eigenvalue weighted by molar-refractivity contribution is 0.174. The van der Waals surface area contributed by atoms with Crippen molar-refractivity contribution < 1.29 is 0 Å². The van der Waals surface area contributed by atoms with Gasteiger partial charge in [0.2, 0.25) is 0 Å². The minimum atomic E-state index is 0.751. The van der Waals surface area contributed by atoms with Crippen molar-refractivity contribution in [3.05, 3.63) is 21.9 Å². The van der Waals surface area contributed by atoms with Crippen molar-refractivity contribution in [2.24, 2.45) is 0 Å². The molecule has 1 aliphatic heterocycles. The highest BCUT2D eigenvalue weighted by molar-refractivity contribution is 7.10. The molecule has 13 heavy (non-hydrogen) atoms. The van der Waals surface area contributed by atoms with Gasteiger partial charge in [-0.05, 0) is 31.0 Å². The molecule has 0 aromatic carbocycles. The first-order valence-electron chi connectivity index (χ1n) is 4.71. The number of rotatable bonds is 3. The van der Waals surface area contributed by atoms with Crippen molar-refractivity contribution in [3.8, 4) is 0 Å². The number of nitrogens with one attached hydrogen (secondary N) is 1. The van der Waals surface area contributed by atoms with Crippen LogP contribution in [0.5, 0.6) is 0 Å². The Hall–Kier alpha value is -0.380. The van der Waals surface area contributed by atoms with Crippen LogP contribution in [0.1, 0.15) is 10.4 Å². The van der Waals surface area contributed by atoms with Crippen LogP contribution in [0.25, 0.3) is 0 Å². The van der Waals surface area contributed by atoms with Gasteiger partial charge in [0, 0.05) is 30.6 Å². The molecule has 1 saturated heterocycles. The second-order valence-electron chi connectivity index (χ2n) is 3.75. The molecule has 1 fully saturated rings. The lowest BCUT2D eigenvalue weighted by Crippen LogP contribution is -2.55. The van der Waals surface area contributed by atoms with Gasteiger partial charge >= 0.3 is 0 Å². The van der Waals surface area contributed by atoms with Gasteiger partial charge < -0.3 is 5.32 Å². The predicted molar refractivity (Wildman–Crippen MR) is 57.2 cm³/mol. The second kappa shape index (κ2) is 3.78. The van der Waals surface area contributed by atoms with Gasteiger partial charge in [0.1, 0.15) is 0 Å². The lowest BCUT2D eigenvalue weighted by atomic mass is 10.1. The smallest absolute Gasteiger partial charge is 0.0346 e. The summed E-state index contributed by atoms with van der Waals surface area (Å²) in [5.74, 6) is 0. The lowest BCUT2D eigenvalue weighted by Gasteiger charge is -2.35. The van der Waals surface area contributed by atoms with Crippen LogP contribution in [0.15, 0.2) is 11.4 Å². The quantitative estimate of drug-likeness (QED) is 0.787. The van der Waals surface area contributed by atoms with E-state index in [1.54, 1.807) is 0 Å². The molecule has 2 nitrogen and oxygen atoms in total. The van der Waals surface area contributed by atoms with Crippen LogP contribution < -0.4 is 5.32 Å². The third-order valence-corrected chi connectivity index (χ3v) is 3.75. The van der Waals surface area contributed by atoms with Gasteiger partial charge in [0.05, 0.1) is 0 Å². The molecule has 0 aliphatic carbocycles. The van der Waals surface area contributed by atoms with Crippen molar-refractivity contribution in [2.45, 2.75) is 19.5 Å². The molecule has 1 aromatic heterocycles. The molecule has 2 heterocycles. The summed E-state index contributed by atoms with van der Waals surface area (Å²) in [6, 6.07) is 2.95. The summed E-state index contributed by atoms with van der Waals surface area (Å²) in [5.41, 5.74) is 1.43. The maximum absolute atomic E-state index is 3.30. The molecule has 1 aliphatic rings. The summed E-state index contributed by atoms with van der Waals surface area (Å²) in [7, 11) is 2.21. The molecular formula is C10H16N2S. The highest BCUT2D eigenvalue weighted by Gasteiger charge is 2.21. The molecule has 72 valence electrons. The summed E-state index contributed by atoms with van der Waals surface area (Å²) < 4.78 is 0. The standard InChI is InChI=1S/C10H16N2S/c1-8-3-4-13-10(8)7-12(2)9-5-11-6-9/h3-4,9,11H,5-7H2,1-2H3. The van der Waals surface area contributed by atoms with Crippen LogP contribution in [0.4, 0.5) is 0 Å². The topological polar surface area (TPSA) is 15.3 Å². The summed E-state index contributed by atoms with van der Waals surface area (Å²) in [6.45, 7) is 5.61. The van der Waals surface area contributed by atoms with Gasteiger partial charge in [-0.2, -0.15) is 0 Å². The van der Waals surface area contributed by atoms with Crippen LogP contribution >= 0.6 is 11.3 Å². The summed E-state index contributed by atoms with van der Waals surface area (Å²) in [4.78, 5) is 3.95. The van der Waals surface area contributed by atoms with Crippen molar-refractivity contribution in [2.75, 3.05) is 20.1 Å². The minimum absolute atomic E-state index is 0.751. The average molecular weight is 196 g/mol. The first kappa shape index (κ1) is 9.19. The third-order valence-electron chi connectivity index (χ3n) is 2.74. The van der Waals surface area contributed by atoms with Crippen LogP contribution in [0.3, 0.4) is 0 Å². The fraction of sp³-hybridized carbons (Fsp3) is 0.600. The third kappa shape index (κ3) is 1.93. The summed E-state index contributed by atoms with van der Waals surface area (Å²) in [6.07, 6.45) is 0. The SMILES string of the molecule is Cc1ccsc1CN(C)C1CNC1. The molecule has 0 saturated carbocycles. The molecule has 0 radical (unpaired) electrons. The van der Waals surface area contributed by atoms with Gasteiger partial charge in [-0.3, -0.25) is 4.90 Å². The maximum Gasteiger partial charge on any atom is 0.0346 e. The molecule has 2 rings (SSSR count). The molecule has 0 amide bonds. The van der Waals surface area contributed by atoms with Crippen molar-refractivity contribution in [1.82, 2.24) is 10.2 Å². The number of hydrogen-bond donors (Lipinski definition) is 1. The van der Waals surface area contributed by atoms with E-state index in [2.05, 4.69) is 35.6 Å². The van der Waals surface area contributed by atoms with Crippen LogP contribution in [0, 0.1) is 6.92 Å². The first-order valence-corrected chi connectivity index (χ1v) is 5.59. The highest BCUT2D eigenvalue weighted by Crippen LogP contribution is 2.18. The molecule has 0 spiro atoms. The highest BCUT2D eigenvalue weighted by atomic mass is 32.1. The van der Waals surface area contributed by atoms with Crippen molar-refractivity contribution in [1.29, 1.82) is 0 Å². The zero-order chi connectivity index (χ0) is 9.26. The molecule has 1 N–H and O–H groups in total. The van der Waals surface area contributed by atoms with E-state index in [-0.39, 0.29) is 0 Å². The second-order valence-corrected chi connectivity index (χ2v) is 4.75. The Balaban J connectivity index is 1.93. The van der Waals surface area contributed by atoms with E-state index < -0.39 is 0 Å². The van der Waals surface area contributed by atoms with E-state index in [4.69, 9.17) is 0 Å². The molecule has 1 aromatic rings. The molecule has 0 bridgehead atoms. The van der Waals surface area contributed by atoms with Gasteiger partial charge in [-0.25, -0.2) is 0 Å². The molecule has 0 unspecified atom stereocenters. The monoisotopic (exact) mass is 196 g/mol. The summed E-state index contributed by atoms with van der Waals surface area (Å²) in [5, 5.41) is 5.48. The number of nitrogens with zero attached hydrogens (tertiary/aromatic N) is 1. The normalized spacial score (nSPS) is 17.8. The number of hydrogen-bond acceptors (Lipinski definition) is 3. The zero-order valence-electron chi connectivity index (χ0n) is 8.21. The van der Waals surface area contributed by atoms with Gasteiger partial charge in [0.25, 0.3) is 0 Å². The number of thiophene rings is 1. The van der Waals surface area contributed by atoms with E-state index in [1.165, 1.54) is 10.4 Å². The van der Waals surface area contributed by atoms with Crippen LogP contribution in [-0.4, -0.2) is 31.1 Å². The van der Waals surface area contributed by atoms with Gasteiger partial charge in [-0.1, -0.05) is 0 Å². The Morgan fingerprint density at radius 3 is 2.85 bits per heavy atom. The Labute approximate surface area is 83.6 Å². The van der Waals surface area contributed by atoms with E-state index in [9.17, 15) is 0 Å². The Bertz CT molecular complexity index is 278. The number of aryl methyl sites for hydroxylation is 1. The van der Waals surface area contributed by atoms with E-state index >= 15 is 0 Å². The van der Waals surface area contributed by atoms with Gasteiger partial charge in [0.15, 0.2) is 0 Å². The Morgan fingerprint density at radius 1 is 1.62 bits per heavy atom. The number of likely N-dealkylation sites (N-methyl/N-ethyl adjacent to an activating group) is 1. The largest absolute Gasteiger partial charge is 0.314 e. The predicted octanol–water partition coefficient (Wildman–Crippen LogP) is 1.46. The average Bonchev–Trinajstić information content (AvgIpc) is 2.32. The molecule has 0 atom stereocenters. The Morgan fingerprint density at radius 2 is 2.38 bits per heavy atom. The summed E-state index contributed by atoms with van der Waals surface area (Å²) >= 11 is 1.87. The first-order chi connectivity index (χ1) is 6.27. The zero-order valence-corrected chi connectivity index (χ0v) is 9.03. The van der Waals surface area contributed by atoms with Gasteiger partial charge in [-0.15, -0.1) is 11.3 Å². The van der Waals surface area contributed by atoms with Crippen molar-refractivity contribution >= 4 is 11.3 Å². The maximum atomic E-state index is 3.30. The van der Waals surface area contributed by atoms with E-state index in [0.29, 0.717) is 0 Å². The van der Waals surface area contributed by atoms with Crippen LogP contribution in [-0.2, 0) is 6.54 Å². The van der Waals surface area contributed by atoms with E-state index in [0.717, 1.165) is 25.7 Å². The minimum Gasteiger partial charge on any atom is -0.314 e. The Kier molecular flexibility index (Phi) is 2.67. The molecular weight excluding hydrogens is 180 g/mol. The van der Waals surface area contributed by atoms with E-state index in [1.807, 2.05) is 11.3 Å². The fourth-order valence-electron chi connectivity index (χ4n) is 1.51. The van der Waals surface area contributed by atoms with Crippen LogP contribution in [0.2, 0.25) is 0 Å². The molecule has 3 heteroatoms. The fourth-order valence-corrected chi connectivity index (χ4v) is 2.48.